The lowest BCUT2D eigenvalue weighted by Gasteiger charge is -2.12. The third-order valence-electron chi connectivity index (χ3n) is 2.50. The van der Waals surface area contributed by atoms with Crippen molar-refractivity contribution in [3.05, 3.63) is 34.9 Å². The first-order valence-electron chi connectivity index (χ1n) is 5.68. The third-order valence-corrected chi connectivity index (χ3v) is 2.75. The molecule has 1 aromatic carbocycles. The molecule has 0 saturated heterocycles. The summed E-state index contributed by atoms with van der Waals surface area (Å²) in [4.78, 5) is 11.9. The molecule has 0 radical (unpaired) electrons. The monoisotopic (exact) mass is 239 g/mol. The van der Waals surface area contributed by atoms with Crippen LogP contribution in [0.5, 0.6) is 0 Å². The molecule has 0 bridgehead atoms. The van der Waals surface area contributed by atoms with Crippen LogP contribution in [0.15, 0.2) is 24.3 Å². The number of benzene rings is 1. The average molecular weight is 240 g/mol. The highest BCUT2D eigenvalue weighted by atomic mass is 35.5. The van der Waals surface area contributed by atoms with Crippen molar-refractivity contribution in [3.63, 3.8) is 0 Å². The molecule has 2 nitrogen and oxygen atoms in total. The maximum absolute atomic E-state index is 11.9. The highest BCUT2D eigenvalue weighted by Crippen LogP contribution is 2.11. The zero-order valence-electron chi connectivity index (χ0n) is 9.79. The fourth-order valence-corrected chi connectivity index (χ4v) is 1.58. The molecular weight excluding hydrogens is 222 g/mol. The highest BCUT2D eigenvalue weighted by molar-refractivity contribution is 6.30. The van der Waals surface area contributed by atoms with E-state index in [1.165, 1.54) is 0 Å². The second-order valence-corrected chi connectivity index (χ2v) is 4.34. The largest absolute Gasteiger partial charge is 0.307 e. The Morgan fingerprint density at radius 1 is 1.38 bits per heavy atom. The van der Waals surface area contributed by atoms with Crippen molar-refractivity contribution in [2.24, 2.45) is 0 Å². The van der Waals surface area contributed by atoms with Gasteiger partial charge >= 0.3 is 0 Å². The van der Waals surface area contributed by atoms with Gasteiger partial charge in [0.15, 0.2) is 5.78 Å². The van der Waals surface area contributed by atoms with Gasteiger partial charge in [-0.3, -0.25) is 4.79 Å². The number of hydrogen-bond donors (Lipinski definition) is 1. The summed E-state index contributed by atoms with van der Waals surface area (Å²) >= 11 is 5.77. The van der Waals surface area contributed by atoms with Crippen LogP contribution in [0.1, 0.15) is 37.0 Å². The Balaban J connectivity index is 2.53. The van der Waals surface area contributed by atoms with Gasteiger partial charge in [0.2, 0.25) is 0 Å². The minimum atomic E-state index is -0.132. The van der Waals surface area contributed by atoms with Gasteiger partial charge in [-0.15, -0.1) is 0 Å². The fourth-order valence-electron chi connectivity index (χ4n) is 1.45. The molecule has 1 aromatic rings. The molecule has 0 saturated carbocycles. The van der Waals surface area contributed by atoms with Crippen LogP contribution in [0.4, 0.5) is 0 Å². The summed E-state index contributed by atoms with van der Waals surface area (Å²) < 4.78 is 0. The minimum Gasteiger partial charge on any atom is -0.307 e. The van der Waals surface area contributed by atoms with Gasteiger partial charge in [0, 0.05) is 10.6 Å². The number of nitrogens with one attached hydrogen (secondary N) is 1. The molecule has 1 rings (SSSR count). The maximum atomic E-state index is 11.9. The van der Waals surface area contributed by atoms with Gasteiger partial charge in [-0.1, -0.05) is 24.9 Å². The second kappa shape index (κ2) is 6.66. The molecule has 0 aliphatic carbocycles. The van der Waals surface area contributed by atoms with Crippen molar-refractivity contribution < 1.29 is 4.79 Å². The van der Waals surface area contributed by atoms with Crippen LogP contribution in [-0.4, -0.2) is 18.4 Å². The first-order chi connectivity index (χ1) is 7.65. The summed E-state index contributed by atoms with van der Waals surface area (Å²) in [6, 6.07) is 6.89. The van der Waals surface area contributed by atoms with E-state index >= 15 is 0 Å². The highest BCUT2D eigenvalue weighted by Gasteiger charge is 2.13. The second-order valence-electron chi connectivity index (χ2n) is 3.90. The summed E-state index contributed by atoms with van der Waals surface area (Å²) in [6.45, 7) is 4.91. The molecule has 16 heavy (non-hydrogen) atoms. The molecule has 1 N–H and O–H groups in total. The Hall–Kier alpha value is -0.860. The fraction of sp³-hybridized carbons (Fsp3) is 0.462. The summed E-state index contributed by atoms with van der Waals surface area (Å²) in [5.41, 5.74) is 0.709. The van der Waals surface area contributed by atoms with Gasteiger partial charge < -0.3 is 5.32 Å². The van der Waals surface area contributed by atoms with E-state index in [2.05, 4.69) is 12.2 Å². The van der Waals surface area contributed by atoms with E-state index < -0.39 is 0 Å². The number of rotatable bonds is 6. The first-order valence-corrected chi connectivity index (χ1v) is 6.06. The van der Waals surface area contributed by atoms with Crippen molar-refractivity contribution >= 4 is 17.4 Å². The molecule has 1 atom stereocenters. The van der Waals surface area contributed by atoms with Crippen molar-refractivity contribution in [1.29, 1.82) is 0 Å². The smallest absolute Gasteiger partial charge is 0.179 e. The van der Waals surface area contributed by atoms with E-state index in [1.54, 1.807) is 24.3 Å². The van der Waals surface area contributed by atoms with E-state index in [0.29, 0.717) is 10.6 Å². The summed E-state index contributed by atoms with van der Waals surface area (Å²) in [5, 5.41) is 3.87. The van der Waals surface area contributed by atoms with Crippen LogP contribution in [0.25, 0.3) is 0 Å². The molecule has 88 valence electrons. The van der Waals surface area contributed by atoms with E-state index in [4.69, 9.17) is 11.6 Å². The van der Waals surface area contributed by atoms with E-state index in [-0.39, 0.29) is 11.8 Å². The first kappa shape index (κ1) is 13.2. The molecule has 0 aromatic heterocycles. The molecule has 3 heteroatoms. The average Bonchev–Trinajstić information content (AvgIpc) is 2.29. The molecule has 0 amide bonds. The Morgan fingerprint density at radius 3 is 2.56 bits per heavy atom. The van der Waals surface area contributed by atoms with Crippen LogP contribution in [0.2, 0.25) is 5.02 Å². The summed E-state index contributed by atoms with van der Waals surface area (Å²) in [5.74, 6) is 0.118. The Kier molecular flexibility index (Phi) is 5.50. The van der Waals surface area contributed by atoms with Gasteiger partial charge in [-0.05, 0) is 44.2 Å². The van der Waals surface area contributed by atoms with Gasteiger partial charge in [0.25, 0.3) is 0 Å². The Labute approximate surface area is 102 Å². The molecular formula is C13H18ClNO. The van der Waals surface area contributed by atoms with Crippen molar-refractivity contribution in [1.82, 2.24) is 5.32 Å². The van der Waals surface area contributed by atoms with Crippen LogP contribution in [-0.2, 0) is 0 Å². The Bertz CT molecular complexity index is 334. The molecule has 0 aliphatic heterocycles. The molecule has 0 spiro atoms. The van der Waals surface area contributed by atoms with Gasteiger partial charge in [-0.2, -0.15) is 0 Å². The number of unbranched alkanes of at least 4 members (excludes halogenated alkanes) is 1. The SMILES string of the molecule is CCCCNC(C)C(=O)c1ccc(Cl)cc1. The molecule has 0 aliphatic rings. The predicted molar refractivity (Wildman–Crippen MR) is 68.2 cm³/mol. The predicted octanol–water partition coefficient (Wildman–Crippen LogP) is 3.30. The zero-order valence-corrected chi connectivity index (χ0v) is 10.6. The molecule has 0 fully saturated rings. The quantitative estimate of drug-likeness (QED) is 0.610. The van der Waals surface area contributed by atoms with Gasteiger partial charge in [0.1, 0.15) is 0 Å². The lowest BCUT2D eigenvalue weighted by molar-refractivity contribution is 0.0951. The van der Waals surface area contributed by atoms with Crippen molar-refractivity contribution in [2.75, 3.05) is 6.54 Å². The van der Waals surface area contributed by atoms with E-state index in [1.807, 2.05) is 6.92 Å². The molecule has 0 heterocycles. The number of carbonyl (C=O) groups excluding carboxylic acids is 1. The summed E-state index contributed by atoms with van der Waals surface area (Å²) in [6.07, 6.45) is 2.23. The zero-order chi connectivity index (χ0) is 12.0. The van der Waals surface area contributed by atoms with Gasteiger partial charge in [-0.25, -0.2) is 0 Å². The van der Waals surface area contributed by atoms with E-state index in [9.17, 15) is 4.79 Å². The van der Waals surface area contributed by atoms with Crippen LogP contribution < -0.4 is 5.32 Å². The number of halogens is 1. The normalized spacial score (nSPS) is 12.4. The minimum absolute atomic E-state index is 0.118. The van der Waals surface area contributed by atoms with Crippen LogP contribution in [0, 0.1) is 0 Å². The van der Waals surface area contributed by atoms with Crippen LogP contribution >= 0.6 is 11.6 Å². The number of carbonyl (C=O) groups is 1. The van der Waals surface area contributed by atoms with E-state index in [0.717, 1.165) is 19.4 Å². The number of Topliss-reactive ketones (excluding diaryl/α,β-unsaturated/α-hetero) is 1. The third kappa shape index (κ3) is 3.95. The lowest BCUT2D eigenvalue weighted by atomic mass is 10.1. The number of ketones is 1. The lowest BCUT2D eigenvalue weighted by Crippen LogP contribution is -2.34. The van der Waals surface area contributed by atoms with Gasteiger partial charge in [0.05, 0.1) is 6.04 Å². The standard InChI is InChI=1S/C13H18ClNO/c1-3-4-9-15-10(2)13(16)11-5-7-12(14)8-6-11/h5-8,10,15H,3-4,9H2,1-2H3. The number of hydrogen-bond acceptors (Lipinski definition) is 2. The van der Waals surface area contributed by atoms with Crippen molar-refractivity contribution in [3.8, 4) is 0 Å². The summed E-state index contributed by atoms with van der Waals surface area (Å²) in [7, 11) is 0. The van der Waals surface area contributed by atoms with Crippen LogP contribution in [0.3, 0.4) is 0 Å². The van der Waals surface area contributed by atoms with Crippen molar-refractivity contribution in [2.45, 2.75) is 32.7 Å². The topological polar surface area (TPSA) is 29.1 Å². The maximum Gasteiger partial charge on any atom is 0.179 e. The molecule has 1 unspecified atom stereocenters. The Morgan fingerprint density at radius 2 is 2.00 bits per heavy atom.